The van der Waals surface area contributed by atoms with Crippen molar-refractivity contribution < 1.29 is 9.59 Å². The fraction of sp³-hybridized carbons (Fsp3) is 0.111. The Labute approximate surface area is 129 Å². The molecule has 0 aliphatic carbocycles. The summed E-state index contributed by atoms with van der Waals surface area (Å²) >= 11 is 0. The van der Waals surface area contributed by atoms with Crippen molar-refractivity contribution in [2.24, 2.45) is 0 Å². The first-order valence-corrected chi connectivity index (χ1v) is 6.97. The summed E-state index contributed by atoms with van der Waals surface area (Å²) in [7, 11) is 1.56. The lowest BCUT2D eigenvalue weighted by atomic mass is 10.1. The highest BCUT2D eigenvalue weighted by molar-refractivity contribution is 6.08. The number of carbonyl (C=O) groups is 2. The Hall–Kier alpha value is -2.88. The fourth-order valence-electron chi connectivity index (χ4n) is 2.07. The molecule has 0 atom stereocenters. The van der Waals surface area contributed by atoms with Crippen LogP contribution in [0.3, 0.4) is 0 Å². The van der Waals surface area contributed by atoms with E-state index in [2.05, 4.69) is 10.6 Å². The van der Waals surface area contributed by atoms with Crippen LogP contribution in [0.5, 0.6) is 0 Å². The van der Waals surface area contributed by atoms with Gasteiger partial charge in [0.1, 0.15) is 0 Å². The van der Waals surface area contributed by atoms with E-state index in [9.17, 15) is 9.59 Å². The molecule has 0 saturated carbocycles. The molecule has 2 amide bonds. The average molecular weight is 294 g/mol. The third kappa shape index (κ3) is 3.82. The van der Waals surface area contributed by atoms with Crippen LogP contribution in [0.2, 0.25) is 0 Å². The van der Waals surface area contributed by atoms with Crippen molar-refractivity contribution in [2.75, 3.05) is 12.4 Å². The number of benzene rings is 2. The molecule has 0 aliphatic heterocycles. The number of anilines is 1. The van der Waals surface area contributed by atoms with E-state index in [0.717, 1.165) is 11.1 Å². The van der Waals surface area contributed by atoms with E-state index in [4.69, 9.17) is 0 Å². The van der Waals surface area contributed by atoms with Crippen LogP contribution in [-0.2, 0) is 4.79 Å². The number of carbonyl (C=O) groups excluding carboxylic acids is 2. The Bertz CT molecular complexity index is 706. The van der Waals surface area contributed by atoms with Crippen molar-refractivity contribution >= 4 is 23.1 Å². The zero-order valence-electron chi connectivity index (χ0n) is 12.6. The minimum atomic E-state index is -0.266. The molecule has 0 spiro atoms. The quantitative estimate of drug-likeness (QED) is 0.851. The molecule has 0 fully saturated rings. The molecule has 0 bridgehead atoms. The largest absolute Gasteiger partial charge is 0.355 e. The Kier molecular flexibility index (Phi) is 5.09. The third-order valence-electron chi connectivity index (χ3n) is 3.23. The number of allylic oxidation sites excluding steroid dienone is 1. The van der Waals surface area contributed by atoms with Gasteiger partial charge in [0.25, 0.3) is 5.91 Å². The molecule has 22 heavy (non-hydrogen) atoms. The molecule has 112 valence electrons. The standard InChI is InChI=1S/C18H18N2O2/c1-13(14-8-4-3-5-9-14)12-17(21)20-16-11-7-6-10-15(16)18(22)19-2/h3-12H,1-2H3,(H,19,22)(H,20,21)/b13-12+. The topological polar surface area (TPSA) is 58.2 Å². The van der Waals surface area contributed by atoms with E-state index < -0.39 is 0 Å². The second kappa shape index (κ2) is 7.22. The lowest BCUT2D eigenvalue weighted by Crippen LogP contribution is -2.20. The van der Waals surface area contributed by atoms with Crippen LogP contribution in [0.1, 0.15) is 22.8 Å². The number of amides is 2. The van der Waals surface area contributed by atoms with E-state index in [-0.39, 0.29) is 11.8 Å². The van der Waals surface area contributed by atoms with Crippen LogP contribution < -0.4 is 10.6 Å². The summed E-state index contributed by atoms with van der Waals surface area (Å²) in [5.41, 5.74) is 2.76. The second-order valence-corrected chi connectivity index (χ2v) is 4.81. The molecule has 0 radical (unpaired) electrons. The molecule has 4 heteroatoms. The molecule has 0 aliphatic rings. The monoisotopic (exact) mass is 294 g/mol. The molecule has 0 saturated heterocycles. The zero-order valence-corrected chi connectivity index (χ0v) is 12.6. The molecule has 2 N–H and O–H groups in total. The van der Waals surface area contributed by atoms with Gasteiger partial charge in [0.2, 0.25) is 5.91 Å². The van der Waals surface area contributed by atoms with Crippen LogP contribution in [0.4, 0.5) is 5.69 Å². The highest BCUT2D eigenvalue weighted by Crippen LogP contribution is 2.16. The van der Waals surface area contributed by atoms with Crippen LogP contribution in [-0.4, -0.2) is 18.9 Å². The summed E-state index contributed by atoms with van der Waals surface area (Å²) in [6.07, 6.45) is 1.52. The Morgan fingerprint density at radius 3 is 2.27 bits per heavy atom. The average Bonchev–Trinajstić information content (AvgIpc) is 2.55. The minimum absolute atomic E-state index is 0.236. The van der Waals surface area contributed by atoms with Crippen LogP contribution in [0, 0.1) is 0 Å². The van der Waals surface area contributed by atoms with E-state index in [1.807, 2.05) is 37.3 Å². The Balaban J connectivity index is 2.18. The van der Waals surface area contributed by atoms with E-state index >= 15 is 0 Å². The highest BCUT2D eigenvalue weighted by atomic mass is 16.2. The van der Waals surface area contributed by atoms with E-state index in [1.54, 1.807) is 31.3 Å². The molecule has 0 aromatic heterocycles. The molecular weight excluding hydrogens is 276 g/mol. The number of para-hydroxylation sites is 1. The number of nitrogens with one attached hydrogen (secondary N) is 2. The normalized spacial score (nSPS) is 10.9. The van der Waals surface area contributed by atoms with Gasteiger partial charge in [0, 0.05) is 13.1 Å². The molecular formula is C18H18N2O2. The Morgan fingerprint density at radius 1 is 0.955 bits per heavy atom. The maximum Gasteiger partial charge on any atom is 0.253 e. The van der Waals surface area contributed by atoms with Gasteiger partial charge in [-0.05, 0) is 30.2 Å². The van der Waals surface area contributed by atoms with Crippen molar-refractivity contribution in [2.45, 2.75) is 6.92 Å². The minimum Gasteiger partial charge on any atom is -0.355 e. The first-order chi connectivity index (χ1) is 10.6. The predicted molar refractivity (Wildman–Crippen MR) is 88.6 cm³/mol. The lowest BCUT2D eigenvalue weighted by molar-refractivity contribution is -0.111. The summed E-state index contributed by atoms with van der Waals surface area (Å²) in [5.74, 6) is -0.502. The molecule has 0 unspecified atom stereocenters. The van der Waals surface area contributed by atoms with Crippen LogP contribution in [0.25, 0.3) is 5.57 Å². The fourth-order valence-corrected chi connectivity index (χ4v) is 2.07. The Morgan fingerprint density at radius 2 is 1.59 bits per heavy atom. The first kappa shape index (κ1) is 15.5. The van der Waals surface area contributed by atoms with Crippen molar-refractivity contribution in [1.29, 1.82) is 0 Å². The molecule has 2 rings (SSSR count). The summed E-state index contributed by atoms with van der Waals surface area (Å²) in [5, 5.41) is 5.31. The van der Waals surface area contributed by atoms with Gasteiger partial charge in [-0.1, -0.05) is 42.5 Å². The van der Waals surface area contributed by atoms with Gasteiger partial charge >= 0.3 is 0 Å². The maximum absolute atomic E-state index is 12.1. The molecule has 2 aromatic carbocycles. The van der Waals surface area contributed by atoms with Crippen LogP contribution >= 0.6 is 0 Å². The molecule has 0 heterocycles. The maximum atomic E-state index is 12.1. The zero-order chi connectivity index (χ0) is 15.9. The molecule has 4 nitrogen and oxygen atoms in total. The van der Waals surface area contributed by atoms with Gasteiger partial charge in [-0.2, -0.15) is 0 Å². The summed E-state index contributed by atoms with van der Waals surface area (Å²) in [4.78, 5) is 23.9. The van der Waals surface area contributed by atoms with Gasteiger partial charge < -0.3 is 10.6 Å². The number of hydrogen-bond donors (Lipinski definition) is 2. The van der Waals surface area contributed by atoms with Crippen molar-refractivity contribution in [3.05, 3.63) is 71.8 Å². The van der Waals surface area contributed by atoms with E-state index in [0.29, 0.717) is 11.3 Å². The van der Waals surface area contributed by atoms with Crippen molar-refractivity contribution in [1.82, 2.24) is 5.32 Å². The van der Waals surface area contributed by atoms with Crippen molar-refractivity contribution in [3.8, 4) is 0 Å². The molecule has 2 aromatic rings. The summed E-state index contributed by atoms with van der Waals surface area (Å²) in [6, 6.07) is 16.6. The van der Waals surface area contributed by atoms with E-state index in [1.165, 1.54) is 6.08 Å². The third-order valence-corrected chi connectivity index (χ3v) is 3.23. The highest BCUT2D eigenvalue weighted by Gasteiger charge is 2.10. The van der Waals surface area contributed by atoms with Crippen molar-refractivity contribution in [3.63, 3.8) is 0 Å². The SMILES string of the molecule is CNC(=O)c1ccccc1NC(=O)/C=C(\C)c1ccccc1. The summed E-state index contributed by atoms with van der Waals surface area (Å²) < 4.78 is 0. The van der Waals surface area contributed by atoms with Gasteiger partial charge in [-0.3, -0.25) is 9.59 Å². The lowest BCUT2D eigenvalue weighted by Gasteiger charge is -2.09. The van der Waals surface area contributed by atoms with Gasteiger partial charge in [-0.15, -0.1) is 0 Å². The number of hydrogen-bond acceptors (Lipinski definition) is 2. The first-order valence-electron chi connectivity index (χ1n) is 6.97. The van der Waals surface area contributed by atoms with Crippen LogP contribution in [0.15, 0.2) is 60.7 Å². The second-order valence-electron chi connectivity index (χ2n) is 4.81. The predicted octanol–water partition coefficient (Wildman–Crippen LogP) is 3.09. The van der Waals surface area contributed by atoms with Gasteiger partial charge in [0.05, 0.1) is 11.3 Å². The van der Waals surface area contributed by atoms with Gasteiger partial charge in [0.15, 0.2) is 0 Å². The van der Waals surface area contributed by atoms with Gasteiger partial charge in [-0.25, -0.2) is 0 Å². The smallest absolute Gasteiger partial charge is 0.253 e. The number of rotatable bonds is 4. The summed E-state index contributed by atoms with van der Waals surface area (Å²) in [6.45, 7) is 1.87.